The van der Waals surface area contributed by atoms with Crippen LogP contribution in [0.25, 0.3) is 0 Å². The summed E-state index contributed by atoms with van der Waals surface area (Å²) in [5.41, 5.74) is -1.80. The number of carbonyl (C=O) groups excluding carboxylic acids is 4. The summed E-state index contributed by atoms with van der Waals surface area (Å²) in [6.07, 6.45) is -0.900. The number of amides is 2. The molecule has 0 unspecified atom stereocenters. The van der Waals surface area contributed by atoms with Gasteiger partial charge in [0.05, 0.1) is 13.7 Å². The van der Waals surface area contributed by atoms with Gasteiger partial charge in [-0.1, -0.05) is 26.8 Å². The van der Waals surface area contributed by atoms with E-state index in [4.69, 9.17) is 14.2 Å². The lowest BCUT2D eigenvalue weighted by Gasteiger charge is -2.47. The van der Waals surface area contributed by atoms with Gasteiger partial charge in [0, 0.05) is 36.7 Å². The molecule has 2 aliphatic rings. The van der Waals surface area contributed by atoms with Crippen molar-refractivity contribution in [1.82, 2.24) is 0 Å². The zero-order valence-corrected chi connectivity index (χ0v) is 20.5. The highest BCUT2D eigenvalue weighted by molar-refractivity contribution is 6.04. The van der Waals surface area contributed by atoms with Crippen LogP contribution in [0.3, 0.4) is 0 Å². The first kappa shape index (κ1) is 26.1. The molecule has 0 spiro atoms. The molecule has 0 aromatic heterocycles. The van der Waals surface area contributed by atoms with Gasteiger partial charge in [-0.2, -0.15) is 0 Å². The van der Waals surface area contributed by atoms with Crippen molar-refractivity contribution in [3.8, 4) is 0 Å². The van der Waals surface area contributed by atoms with Gasteiger partial charge >= 0.3 is 17.9 Å². The summed E-state index contributed by atoms with van der Waals surface area (Å²) in [5, 5.41) is 10.1. The van der Waals surface area contributed by atoms with Crippen molar-refractivity contribution in [2.75, 3.05) is 36.6 Å². The number of morpholine rings is 1. The standard InChI is InChI=1S/C24H30N2O9/c1-14(27)35-24(22(31)32,23(2,3)4)20-21(30)25(10-11-34-20)16-8-6-15-7-9-18(28)26(17(15)12-16)13-19(29)33-5/h6,8,12,20H,7,9-11,13H2,1-5H3,(H,31,32)/t20-,24+/m0/s1. The fraction of sp³-hybridized carbons (Fsp3) is 0.542. The number of fused-ring (bicyclic) bond motifs is 1. The SMILES string of the molecule is COC(=O)CN1C(=O)CCc2ccc(N3CCO[C@H]([C@@](OC(C)=O)(C(=O)O)C(C)(C)C)C3=O)cc21. The molecule has 1 aromatic rings. The van der Waals surface area contributed by atoms with E-state index in [-0.39, 0.29) is 32.0 Å². The summed E-state index contributed by atoms with van der Waals surface area (Å²) >= 11 is 0. The number of carboxylic acids is 1. The summed E-state index contributed by atoms with van der Waals surface area (Å²) in [7, 11) is 1.23. The highest BCUT2D eigenvalue weighted by atomic mass is 16.6. The van der Waals surface area contributed by atoms with Crippen LogP contribution >= 0.6 is 0 Å². The lowest BCUT2D eigenvalue weighted by Crippen LogP contribution is -2.68. The molecule has 0 bridgehead atoms. The Hall–Kier alpha value is -3.47. The molecule has 2 heterocycles. The van der Waals surface area contributed by atoms with Crippen molar-refractivity contribution >= 4 is 41.1 Å². The van der Waals surface area contributed by atoms with Crippen LogP contribution in [0.2, 0.25) is 0 Å². The summed E-state index contributed by atoms with van der Waals surface area (Å²) in [6.45, 7) is 5.55. The van der Waals surface area contributed by atoms with Gasteiger partial charge in [0.15, 0.2) is 6.10 Å². The molecular formula is C24H30N2O9. The average Bonchev–Trinajstić information content (AvgIpc) is 2.78. The predicted molar refractivity (Wildman–Crippen MR) is 123 cm³/mol. The molecule has 35 heavy (non-hydrogen) atoms. The first-order valence-corrected chi connectivity index (χ1v) is 11.2. The Morgan fingerprint density at radius 1 is 1.17 bits per heavy atom. The third-order valence-corrected chi connectivity index (χ3v) is 6.29. The minimum Gasteiger partial charge on any atom is -0.478 e. The van der Waals surface area contributed by atoms with Gasteiger partial charge in [-0.3, -0.25) is 19.2 Å². The minimum atomic E-state index is -2.28. The van der Waals surface area contributed by atoms with Gasteiger partial charge in [0.2, 0.25) is 11.5 Å². The van der Waals surface area contributed by atoms with Crippen LogP contribution in [0.1, 0.15) is 39.7 Å². The van der Waals surface area contributed by atoms with Crippen molar-refractivity contribution in [3.05, 3.63) is 23.8 Å². The Morgan fingerprint density at radius 3 is 2.43 bits per heavy atom. The highest BCUT2D eigenvalue weighted by Gasteiger charge is 2.63. The fourth-order valence-corrected chi connectivity index (χ4v) is 4.50. The molecule has 1 fully saturated rings. The second-order valence-corrected chi connectivity index (χ2v) is 9.49. The number of methoxy groups -OCH3 is 1. The van der Waals surface area contributed by atoms with Gasteiger partial charge < -0.3 is 29.1 Å². The van der Waals surface area contributed by atoms with Crippen LogP contribution in [0.15, 0.2) is 18.2 Å². The molecular weight excluding hydrogens is 460 g/mol. The van der Waals surface area contributed by atoms with Crippen molar-refractivity contribution in [3.63, 3.8) is 0 Å². The Bertz CT molecular complexity index is 1060. The van der Waals surface area contributed by atoms with E-state index in [0.29, 0.717) is 17.8 Å². The fourth-order valence-electron chi connectivity index (χ4n) is 4.50. The maximum absolute atomic E-state index is 13.6. The van der Waals surface area contributed by atoms with Crippen molar-refractivity contribution in [1.29, 1.82) is 0 Å². The molecule has 2 aliphatic heterocycles. The molecule has 190 valence electrons. The summed E-state index contributed by atoms with van der Waals surface area (Å²) in [5.74, 6) is -3.89. The summed E-state index contributed by atoms with van der Waals surface area (Å²) < 4.78 is 15.7. The molecule has 1 aromatic carbocycles. The van der Waals surface area contributed by atoms with E-state index in [0.717, 1.165) is 12.5 Å². The maximum Gasteiger partial charge on any atom is 0.352 e. The number of hydrogen-bond acceptors (Lipinski definition) is 8. The van der Waals surface area contributed by atoms with Crippen LogP contribution in [-0.4, -0.2) is 73.3 Å². The lowest BCUT2D eigenvalue weighted by atomic mass is 9.71. The first-order valence-electron chi connectivity index (χ1n) is 11.2. The third-order valence-electron chi connectivity index (χ3n) is 6.29. The van der Waals surface area contributed by atoms with E-state index in [2.05, 4.69) is 0 Å². The summed E-state index contributed by atoms with van der Waals surface area (Å²) in [6, 6.07) is 5.07. The first-order chi connectivity index (χ1) is 16.3. The highest BCUT2D eigenvalue weighted by Crippen LogP contribution is 2.41. The smallest absolute Gasteiger partial charge is 0.352 e. The van der Waals surface area contributed by atoms with Crippen molar-refractivity contribution in [2.45, 2.75) is 52.2 Å². The van der Waals surface area contributed by atoms with Crippen LogP contribution in [-0.2, 0) is 44.6 Å². The van der Waals surface area contributed by atoms with Crippen LogP contribution in [0.5, 0.6) is 0 Å². The largest absolute Gasteiger partial charge is 0.478 e. The number of anilines is 2. The number of hydrogen-bond donors (Lipinski definition) is 1. The second kappa shape index (κ2) is 9.65. The van der Waals surface area contributed by atoms with Gasteiger partial charge in [0.25, 0.3) is 5.91 Å². The van der Waals surface area contributed by atoms with Gasteiger partial charge in [0.1, 0.15) is 6.54 Å². The monoisotopic (exact) mass is 490 g/mol. The number of benzene rings is 1. The number of carbonyl (C=O) groups is 5. The molecule has 11 heteroatoms. The van der Waals surface area contributed by atoms with Crippen LogP contribution in [0.4, 0.5) is 11.4 Å². The second-order valence-electron chi connectivity index (χ2n) is 9.49. The number of carboxylic acid groups (broad SMARTS) is 1. The Labute approximate surface area is 202 Å². The number of ether oxygens (including phenoxy) is 3. The molecule has 1 saturated heterocycles. The number of aliphatic carboxylic acids is 1. The zero-order valence-electron chi connectivity index (χ0n) is 20.5. The molecule has 3 rings (SSSR count). The topological polar surface area (TPSA) is 140 Å². The van der Waals surface area contributed by atoms with Gasteiger partial charge in [-0.25, -0.2) is 4.79 Å². The molecule has 11 nitrogen and oxygen atoms in total. The predicted octanol–water partition coefficient (Wildman–Crippen LogP) is 1.30. The summed E-state index contributed by atoms with van der Waals surface area (Å²) in [4.78, 5) is 65.1. The Morgan fingerprint density at radius 2 is 1.86 bits per heavy atom. The molecule has 0 aliphatic carbocycles. The van der Waals surface area contributed by atoms with Gasteiger partial charge in [-0.05, 0) is 24.1 Å². The van der Waals surface area contributed by atoms with Crippen molar-refractivity contribution < 1.29 is 43.3 Å². The van der Waals surface area contributed by atoms with Crippen LogP contribution in [0, 0.1) is 5.41 Å². The molecule has 2 amide bonds. The van der Waals surface area contributed by atoms with Crippen LogP contribution < -0.4 is 9.80 Å². The number of nitrogens with zero attached hydrogens (tertiary/aromatic N) is 2. The number of aryl methyl sites for hydroxylation is 1. The maximum atomic E-state index is 13.6. The minimum absolute atomic E-state index is 0.00925. The van der Waals surface area contributed by atoms with E-state index in [1.807, 2.05) is 0 Å². The van der Waals surface area contributed by atoms with E-state index in [1.165, 1.54) is 16.9 Å². The van der Waals surface area contributed by atoms with E-state index >= 15 is 0 Å². The average molecular weight is 491 g/mol. The number of rotatable bonds is 6. The lowest BCUT2D eigenvalue weighted by molar-refractivity contribution is -0.218. The Balaban J connectivity index is 2.04. The quantitative estimate of drug-likeness (QED) is 0.584. The molecule has 0 saturated carbocycles. The van der Waals surface area contributed by atoms with E-state index in [9.17, 15) is 29.1 Å². The van der Waals surface area contributed by atoms with Gasteiger partial charge in [-0.15, -0.1) is 0 Å². The third kappa shape index (κ3) is 4.72. The number of esters is 2. The van der Waals surface area contributed by atoms with Crippen molar-refractivity contribution in [2.24, 2.45) is 5.41 Å². The normalized spacial score (nSPS) is 20.1. The molecule has 2 atom stereocenters. The molecule has 1 N–H and O–H groups in total. The zero-order chi connectivity index (χ0) is 26.1. The van der Waals surface area contributed by atoms with E-state index < -0.39 is 40.9 Å². The molecule has 0 radical (unpaired) electrons. The van der Waals surface area contributed by atoms with E-state index in [1.54, 1.807) is 39.0 Å². The Kier molecular flexibility index (Phi) is 7.21.